The summed E-state index contributed by atoms with van der Waals surface area (Å²) in [5.74, 6) is 0.0509. The van der Waals surface area contributed by atoms with E-state index in [2.05, 4.69) is 5.32 Å². The largest absolute Gasteiger partial charge is 0.390 e. The lowest BCUT2D eigenvalue weighted by atomic mass is 10.2. The van der Waals surface area contributed by atoms with Crippen LogP contribution in [0.25, 0.3) is 0 Å². The molecule has 2 aromatic carbocycles. The molecule has 0 aromatic heterocycles. The molecule has 2 N–H and O–H groups in total. The van der Waals surface area contributed by atoms with E-state index in [1.165, 1.54) is 24.8 Å². The third-order valence-corrected chi connectivity index (χ3v) is 4.30. The molecule has 2 rings (SSSR count). The Bertz CT molecular complexity index is 664. The molecule has 0 saturated carbocycles. The van der Waals surface area contributed by atoms with E-state index in [1.807, 2.05) is 24.3 Å². The molecule has 2 aromatic rings. The fourth-order valence-electron chi connectivity index (χ4n) is 2.00. The van der Waals surface area contributed by atoms with Gasteiger partial charge in [-0.3, -0.25) is 4.79 Å². The van der Waals surface area contributed by atoms with Gasteiger partial charge in [0.25, 0.3) is 0 Å². The van der Waals surface area contributed by atoms with Gasteiger partial charge in [-0.1, -0.05) is 18.2 Å². The third-order valence-electron chi connectivity index (χ3n) is 3.14. The van der Waals surface area contributed by atoms with Crippen molar-refractivity contribution in [2.24, 2.45) is 0 Å². The Balaban J connectivity index is 1.70. The molecule has 0 aliphatic carbocycles. The van der Waals surface area contributed by atoms with Gasteiger partial charge >= 0.3 is 0 Å². The number of nitrogens with one attached hydrogen (secondary N) is 1. The summed E-state index contributed by atoms with van der Waals surface area (Å²) >= 11 is 1.49. The standard InChI is InChI=1S/C18H20FNO3S/c1-13(21)20-15-6-8-17(9-7-15)24-12-16(22)11-23-10-14-4-2-3-5-18(14)19/h2-9,16,22H,10-12H2,1H3,(H,20,21)/t16-/m0/s1. The van der Waals surface area contributed by atoms with Crippen molar-refractivity contribution in [3.05, 3.63) is 59.9 Å². The lowest BCUT2D eigenvalue weighted by Gasteiger charge is -2.12. The van der Waals surface area contributed by atoms with Crippen molar-refractivity contribution in [3.63, 3.8) is 0 Å². The summed E-state index contributed by atoms with van der Waals surface area (Å²) < 4.78 is 18.8. The number of amides is 1. The van der Waals surface area contributed by atoms with Crippen LogP contribution in [0, 0.1) is 5.82 Å². The molecule has 0 aliphatic rings. The predicted octanol–water partition coefficient (Wildman–Crippen LogP) is 3.45. The quantitative estimate of drug-likeness (QED) is 0.717. The van der Waals surface area contributed by atoms with Crippen LogP contribution in [-0.4, -0.2) is 29.5 Å². The van der Waals surface area contributed by atoms with E-state index in [9.17, 15) is 14.3 Å². The zero-order valence-electron chi connectivity index (χ0n) is 13.4. The number of carbonyl (C=O) groups is 1. The average Bonchev–Trinajstić information content (AvgIpc) is 2.55. The number of anilines is 1. The number of aliphatic hydroxyl groups is 1. The molecular weight excluding hydrogens is 329 g/mol. The first-order valence-electron chi connectivity index (χ1n) is 7.54. The first kappa shape index (κ1) is 18.4. The molecule has 24 heavy (non-hydrogen) atoms. The highest BCUT2D eigenvalue weighted by Crippen LogP contribution is 2.21. The first-order valence-corrected chi connectivity index (χ1v) is 8.53. The summed E-state index contributed by atoms with van der Waals surface area (Å²) in [5, 5.41) is 12.6. The Morgan fingerprint density at radius 2 is 1.96 bits per heavy atom. The molecular formula is C18H20FNO3S. The third kappa shape index (κ3) is 6.31. The van der Waals surface area contributed by atoms with Crippen molar-refractivity contribution in [2.45, 2.75) is 24.5 Å². The highest BCUT2D eigenvalue weighted by molar-refractivity contribution is 7.99. The van der Waals surface area contributed by atoms with Gasteiger partial charge in [0.05, 0.1) is 19.3 Å². The van der Waals surface area contributed by atoms with Gasteiger partial charge in [-0.25, -0.2) is 4.39 Å². The molecule has 0 saturated heterocycles. The normalized spacial score (nSPS) is 12.0. The number of thioether (sulfide) groups is 1. The topological polar surface area (TPSA) is 58.6 Å². The van der Waals surface area contributed by atoms with Crippen molar-refractivity contribution in [2.75, 3.05) is 17.7 Å². The maximum atomic E-state index is 13.4. The van der Waals surface area contributed by atoms with E-state index < -0.39 is 6.10 Å². The molecule has 0 spiro atoms. The minimum Gasteiger partial charge on any atom is -0.390 e. The van der Waals surface area contributed by atoms with Crippen molar-refractivity contribution in [1.82, 2.24) is 0 Å². The van der Waals surface area contributed by atoms with E-state index in [0.29, 0.717) is 11.3 Å². The van der Waals surface area contributed by atoms with Crippen molar-refractivity contribution < 1.29 is 19.0 Å². The number of halogens is 1. The van der Waals surface area contributed by atoms with Gasteiger partial charge in [-0.05, 0) is 30.3 Å². The first-order chi connectivity index (χ1) is 11.5. The van der Waals surface area contributed by atoms with Gasteiger partial charge in [0.1, 0.15) is 5.82 Å². The van der Waals surface area contributed by atoms with E-state index in [4.69, 9.17) is 4.74 Å². The fourth-order valence-corrected chi connectivity index (χ4v) is 2.81. The summed E-state index contributed by atoms with van der Waals surface area (Å²) in [5.41, 5.74) is 1.21. The summed E-state index contributed by atoms with van der Waals surface area (Å²) in [4.78, 5) is 11.9. The second-order valence-corrected chi connectivity index (χ2v) is 6.37. The number of carbonyl (C=O) groups excluding carboxylic acids is 1. The van der Waals surface area contributed by atoms with Crippen LogP contribution < -0.4 is 5.32 Å². The van der Waals surface area contributed by atoms with Crippen molar-refractivity contribution in [1.29, 1.82) is 0 Å². The zero-order chi connectivity index (χ0) is 17.4. The molecule has 128 valence electrons. The number of ether oxygens (including phenoxy) is 1. The number of aliphatic hydroxyl groups excluding tert-OH is 1. The van der Waals surface area contributed by atoms with Crippen LogP contribution in [0.5, 0.6) is 0 Å². The number of benzene rings is 2. The minimum atomic E-state index is -0.642. The molecule has 0 fully saturated rings. The molecule has 0 bridgehead atoms. The van der Waals surface area contributed by atoms with Crippen LogP contribution >= 0.6 is 11.8 Å². The Labute approximate surface area is 145 Å². The minimum absolute atomic E-state index is 0.113. The lowest BCUT2D eigenvalue weighted by molar-refractivity contribution is -0.114. The SMILES string of the molecule is CC(=O)Nc1ccc(SC[C@@H](O)COCc2ccccc2F)cc1. The van der Waals surface area contributed by atoms with Crippen LogP contribution in [0.4, 0.5) is 10.1 Å². The van der Waals surface area contributed by atoms with Crippen LogP contribution in [0.3, 0.4) is 0 Å². The Morgan fingerprint density at radius 1 is 1.25 bits per heavy atom. The number of hydrogen-bond donors (Lipinski definition) is 2. The Hall–Kier alpha value is -1.89. The maximum Gasteiger partial charge on any atom is 0.221 e. The molecule has 0 aliphatic heterocycles. The van der Waals surface area contributed by atoms with Crippen molar-refractivity contribution >= 4 is 23.4 Å². The van der Waals surface area contributed by atoms with Gasteiger partial charge in [0.15, 0.2) is 0 Å². The fraction of sp³-hybridized carbons (Fsp3) is 0.278. The summed E-state index contributed by atoms with van der Waals surface area (Å²) in [7, 11) is 0. The highest BCUT2D eigenvalue weighted by Gasteiger charge is 2.07. The number of hydrogen-bond acceptors (Lipinski definition) is 4. The summed E-state index contributed by atoms with van der Waals surface area (Å²) in [6.07, 6.45) is -0.642. The van der Waals surface area contributed by atoms with E-state index >= 15 is 0 Å². The molecule has 6 heteroatoms. The van der Waals surface area contributed by atoms with Gasteiger partial charge < -0.3 is 15.2 Å². The van der Waals surface area contributed by atoms with Crippen LogP contribution in [0.1, 0.15) is 12.5 Å². The molecule has 1 amide bonds. The zero-order valence-corrected chi connectivity index (χ0v) is 14.2. The Morgan fingerprint density at radius 3 is 2.62 bits per heavy atom. The van der Waals surface area contributed by atoms with E-state index in [-0.39, 0.29) is 24.9 Å². The van der Waals surface area contributed by atoms with Gasteiger partial charge in [0.2, 0.25) is 5.91 Å². The van der Waals surface area contributed by atoms with Gasteiger partial charge in [0, 0.05) is 28.8 Å². The maximum absolute atomic E-state index is 13.4. The van der Waals surface area contributed by atoms with E-state index in [1.54, 1.807) is 18.2 Å². The smallest absolute Gasteiger partial charge is 0.221 e. The predicted molar refractivity (Wildman–Crippen MR) is 93.5 cm³/mol. The summed E-state index contributed by atoms with van der Waals surface area (Å²) in [6.45, 7) is 1.74. The van der Waals surface area contributed by atoms with Crippen molar-refractivity contribution in [3.8, 4) is 0 Å². The lowest BCUT2D eigenvalue weighted by Crippen LogP contribution is -2.18. The number of rotatable bonds is 8. The van der Waals surface area contributed by atoms with E-state index in [0.717, 1.165) is 10.6 Å². The molecule has 0 unspecified atom stereocenters. The molecule has 1 atom stereocenters. The Kier molecular flexibility index (Phi) is 7.24. The molecule has 0 heterocycles. The summed E-state index contributed by atoms with van der Waals surface area (Å²) in [6, 6.07) is 13.8. The average molecular weight is 349 g/mol. The van der Waals surface area contributed by atoms with Crippen LogP contribution in [-0.2, 0) is 16.1 Å². The highest BCUT2D eigenvalue weighted by atomic mass is 32.2. The second-order valence-electron chi connectivity index (χ2n) is 5.28. The molecule has 0 radical (unpaired) electrons. The van der Waals surface area contributed by atoms with Gasteiger partial charge in [-0.15, -0.1) is 11.8 Å². The van der Waals surface area contributed by atoms with Gasteiger partial charge in [-0.2, -0.15) is 0 Å². The van der Waals surface area contributed by atoms with Crippen LogP contribution in [0.15, 0.2) is 53.4 Å². The second kappa shape index (κ2) is 9.42. The monoisotopic (exact) mass is 349 g/mol. The van der Waals surface area contributed by atoms with Crippen LogP contribution in [0.2, 0.25) is 0 Å². The molecule has 4 nitrogen and oxygen atoms in total.